The molecular formula is C25H30FN7O. The van der Waals surface area contributed by atoms with Crippen LogP contribution < -0.4 is 20.7 Å². The number of hydrogen-bond acceptors (Lipinski definition) is 8. The van der Waals surface area contributed by atoms with E-state index in [1.807, 2.05) is 6.07 Å². The number of pyridine rings is 1. The van der Waals surface area contributed by atoms with Gasteiger partial charge in [-0.15, -0.1) is 0 Å². The van der Waals surface area contributed by atoms with Gasteiger partial charge < -0.3 is 20.7 Å². The Kier molecular flexibility index (Phi) is 5.45. The van der Waals surface area contributed by atoms with Crippen molar-refractivity contribution in [1.82, 2.24) is 25.2 Å². The Morgan fingerprint density at radius 3 is 2.65 bits per heavy atom. The van der Waals surface area contributed by atoms with Gasteiger partial charge in [-0.05, 0) is 50.9 Å². The van der Waals surface area contributed by atoms with Crippen molar-refractivity contribution in [2.75, 3.05) is 56.5 Å². The molecule has 3 fully saturated rings. The second-order valence-electron chi connectivity index (χ2n) is 9.56. The maximum atomic E-state index is 14.6. The zero-order valence-corrected chi connectivity index (χ0v) is 19.3. The molecule has 8 nitrogen and oxygen atoms in total. The highest BCUT2D eigenvalue weighted by Crippen LogP contribution is 2.39. The molecule has 3 saturated heterocycles. The lowest BCUT2D eigenvalue weighted by atomic mass is 9.95. The summed E-state index contributed by atoms with van der Waals surface area (Å²) in [5.41, 5.74) is 7.41. The van der Waals surface area contributed by atoms with Crippen LogP contribution >= 0.6 is 0 Å². The highest BCUT2D eigenvalue weighted by Gasteiger charge is 2.45. The van der Waals surface area contributed by atoms with Crippen molar-refractivity contribution in [3.8, 4) is 17.3 Å². The first kappa shape index (κ1) is 21.5. The number of nitrogens with zero attached hydrogens (tertiary/aromatic N) is 5. The van der Waals surface area contributed by atoms with Crippen LogP contribution in [0.5, 0.6) is 5.88 Å². The number of nitrogens with two attached hydrogens (primary N) is 1. The summed E-state index contributed by atoms with van der Waals surface area (Å²) in [6.45, 7) is 6.39. The normalized spacial score (nSPS) is 20.1. The average molecular weight is 464 g/mol. The van der Waals surface area contributed by atoms with E-state index in [0.717, 1.165) is 50.5 Å². The van der Waals surface area contributed by atoms with Crippen molar-refractivity contribution in [2.45, 2.75) is 31.2 Å². The zero-order chi connectivity index (χ0) is 23.1. The van der Waals surface area contributed by atoms with Gasteiger partial charge in [0.15, 0.2) is 5.82 Å². The summed E-state index contributed by atoms with van der Waals surface area (Å²) in [6, 6.07) is 6.48. The Balaban J connectivity index is 1.40. The maximum absolute atomic E-state index is 14.6. The summed E-state index contributed by atoms with van der Waals surface area (Å²) in [7, 11) is 0. The molecule has 9 heteroatoms. The minimum absolute atomic E-state index is 0.129. The van der Waals surface area contributed by atoms with Gasteiger partial charge in [-0.2, -0.15) is 4.98 Å². The fourth-order valence-electron chi connectivity index (χ4n) is 5.75. The molecule has 0 unspecified atom stereocenters. The summed E-state index contributed by atoms with van der Waals surface area (Å²) < 4.78 is 21.0. The zero-order valence-electron chi connectivity index (χ0n) is 19.3. The van der Waals surface area contributed by atoms with Gasteiger partial charge >= 0.3 is 0 Å². The molecule has 2 aromatic heterocycles. The van der Waals surface area contributed by atoms with Crippen molar-refractivity contribution in [3.63, 3.8) is 0 Å². The topological polar surface area (TPSA) is 92.4 Å². The molecule has 0 saturated carbocycles. The molecule has 3 N–H and O–H groups in total. The maximum Gasteiger partial charge on any atom is 0.217 e. The number of nitrogen functional groups attached to an aromatic ring is 1. The van der Waals surface area contributed by atoms with Crippen molar-refractivity contribution < 1.29 is 9.13 Å². The quantitative estimate of drug-likeness (QED) is 0.558. The molecule has 3 aromatic rings. The summed E-state index contributed by atoms with van der Waals surface area (Å²) in [5.74, 6) is 1.20. The summed E-state index contributed by atoms with van der Waals surface area (Å²) in [6.07, 6.45) is 6.52. The van der Waals surface area contributed by atoms with Crippen molar-refractivity contribution >= 4 is 22.4 Å². The number of rotatable bonds is 5. The number of benzene rings is 1. The summed E-state index contributed by atoms with van der Waals surface area (Å²) in [5, 5.41) is 4.21. The number of ether oxygens (including phenoxy) is 1. The fourth-order valence-corrected chi connectivity index (χ4v) is 5.75. The van der Waals surface area contributed by atoms with E-state index in [0.29, 0.717) is 23.7 Å². The van der Waals surface area contributed by atoms with E-state index in [-0.39, 0.29) is 16.9 Å². The average Bonchev–Trinajstić information content (AvgIpc) is 3.43. The molecule has 0 amide bonds. The van der Waals surface area contributed by atoms with Crippen molar-refractivity contribution in [1.29, 1.82) is 0 Å². The van der Waals surface area contributed by atoms with Gasteiger partial charge in [0, 0.05) is 44.1 Å². The lowest BCUT2D eigenvalue weighted by Crippen LogP contribution is -2.44. The largest absolute Gasteiger partial charge is 0.476 e. The van der Waals surface area contributed by atoms with E-state index >= 15 is 0 Å². The summed E-state index contributed by atoms with van der Waals surface area (Å²) >= 11 is 0. The lowest BCUT2D eigenvalue weighted by Gasteiger charge is -2.32. The smallest absolute Gasteiger partial charge is 0.217 e. The van der Waals surface area contributed by atoms with Gasteiger partial charge in [0.25, 0.3) is 0 Å². The predicted octanol–water partition coefficient (Wildman–Crippen LogP) is 2.83. The van der Waals surface area contributed by atoms with Crippen LogP contribution in [0.4, 0.5) is 15.9 Å². The van der Waals surface area contributed by atoms with Crippen LogP contribution in [0.1, 0.15) is 25.7 Å². The second kappa shape index (κ2) is 8.63. The number of anilines is 2. The molecule has 6 rings (SSSR count). The van der Waals surface area contributed by atoms with Crippen LogP contribution in [0.2, 0.25) is 0 Å². The van der Waals surface area contributed by atoms with Gasteiger partial charge in [-0.25, -0.2) is 14.4 Å². The predicted molar refractivity (Wildman–Crippen MR) is 130 cm³/mol. The Hall–Kier alpha value is -3.04. The Bertz CT molecular complexity index is 1180. The SMILES string of the molecule is Nc1cccc(F)c1-c1ncc2c(N3CCNCC3)nc(OCC34CCCN3CCC4)cc2n1. The Labute approximate surface area is 198 Å². The molecule has 0 spiro atoms. The number of nitrogens with one attached hydrogen (secondary N) is 1. The van der Waals surface area contributed by atoms with E-state index < -0.39 is 5.82 Å². The van der Waals surface area contributed by atoms with Gasteiger partial charge in [0.05, 0.1) is 22.0 Å². The number of aromatic nitrogens is 3. The molecule has 1 aromatic carbocycles. The number of halogens is 1. The highest BCUT2D eigenvalue weighted by molar-refractivity contribution is 5.91. The molecule has 178 valence electrons. The van der Waals surface area contributed by atoms with E-state index in [2.05, 4.69) is 20.1 Å². The monoisotopic (exact) mass is 463 g/mol. The van der Waals surface area contributed by atoms with Crippen LogP contribution in [0.25, 0.3) is 22.3 Å². The number of hydrogen-bond donors (Lipinski definition) is 2. The second-order valence-corrected chi connectivity index (χ2v) is 9.56. The minimum atomic E-state index is -0.436. The van der Waals surface area contributed by atoms with Crippen LogP contribution in [0.15, 0.2) is 30.5 Å². The number of piperazine rings is 1. The molecule has 3 aliphatic heterocycles. The van der Waals surface area contributed by atoms with Crippen LogP contribution in [0.3, 0.4) is 0 Å². The molecule has 0 radical (unpaired) electrons. The summed E-state index contributed by atoms with van der Waals surface area (Å²) in [4.78, 5) is 18.9. The number of fused-ring (bicyclic) bond motifs is 2. The first-order chi connectivity index (χ1) is 16.6. The molecular weight excluding hydrogens is 433 g/mol. The molecule has 0 bridgehead atoms. The Morgan fingerprint density at radius 1 is 1.09 bits per heavy atom. The first-order valence-corrected chi connectivity index (χ1v) is 12.2. The molecule has 3 aliphatic rings. The van der Waals surface area contributed by atoms with Gasteiger partial charge in [-0.3, -0.25) is 4.90 Å². The van der Waals surface area contributed by atoms with Gasteiger partial charge in [0.2, 0.25) is 5.88 Å². The minimum Gasteiger partial charge on any atom is -0.476 e. The van der Waals surface area contributed by atoms with Gasteiger partial charge in [0.1, 0.15) is 18.2 Å². The van der Waals surface area contributed by atoms with Crippen LogP contribution in [0, 0.1) is 5.82 Å². The van der Waals surface area contributed by atoms with Crippen LogP contribution in [-0.4, -0.2) is 71.3 Å². The van der Waals surface area contributed by atoms with E-state index in [1.54, 1.807) is 18.3 Å². The van der Waals surface area contributed by atoms with Crippen molar-refractivity contribution in [3.05, 3.63) is 36.3 Å². The third-order valence-electron chi connectivity index (χ3n) is 7.52. The lowest BCUT2D eigenvalue weighted by molar-refractivity contribution is 0.111. The van der Waals surface area contributed by atoms with Crippen molar-refractivity contribution in [2.24, 2.45) is 0 Å². The molecule has 5 heterocycles. The first-order valence-electron chi connectivity index (χ1n) is 12.2. The van der Waals surface area contributed by atoms with E-state index in [1.165, 1.54) is 31.7 Å². The van der Waals surface area contributed by atoms with Crippen LogP contribution in [-0.2, 0) is 0 Å². The third-order valence-corrected chi connectivity index (χ3v) is 7.52. The molecule has 0 aliphatic carbocycles. The van der Waals surface area contributed by atoms with E-state index in [9.17, 15) is 4.39 Å². The van der Waals surface area contributed by atoms with E-state index in [4.69, 9.17) is 20.4 Å². The standard InChI is InChI=1S/C25H30FN7O/c26-18-4-1-5-19(27)22(18)23-29-15-17-20(30-23)14-21(31-24(17)32-12-8-28-9-13-32)34-16-25-6-2-10-33(25)11-3-7-25/h1,4-5,14-15,28H,2-3,6-13,16,27H2. The fraction of sp³-hybridized carbons (Fsp3) is 0.480. The highest BCUT2D eigenvalue weighted by atomic mass is 19.1. The molecule has 0 atom stereocenters. The Morgan fingerprint density at radius 2 is 1.88 bits per heavy atom. The van der Waals surface area contributed by atoms with Gasteiger partial charge in [-0.1, -0.05) is 6.07 Å². The third kappa shape index (κ3) is 3.73. The molecule has 34 heavy (non-hydrogen) atoms.